The molecule has 3 heteroatoms. The standard InChI is InChI=1S/C24H19NO2/c1-23-17-5-3-7-19(23)15-21(16-9-13-20(14-10-16)25(26)27)22-8-4-6-18(12-11-17)24(22,23)2/h3-15H,1-2H3/t23-,24-/m1/s1. The SMILES string of the molecule is C[C@@]12C3=CC=C4C=CC=C(C(c5ccc([N+](=O)[O-])cc5)=CC1=CC=C3)[C@@]42C. The first-order valence-electron chi connectivity index (χ1n) is 9.14. The maximum Gasteiger partial charge on any atom is 0.269 e. The van der Waals surface area contributed by atoms with Gasteiger partial charge in [0.25, 0.3) is 5.69 Å². The minimum Gasteiger partial charge on any atom is -0.258 e. The van der Waals surface area contributed by atoms with Crippen molar-refractivity contribution in [3.8, 4) is 0 Å². The molecule has 1 aromatic carbocycles. The number of nitrogens with zero attached hydrogens (tertiary/aromatic N) is 1. The van der Waals surface area contributed by atoms with Crippen molar-refractivity contribution in [3.63, 3.8) is 0 Å². The predicted octanol–water partition coefficient (Wildman–Crippen LogP) is 5.86. The molecule has 0 aliphatic heterocycles. The summed E-state index contributed by atoms with van der Waals surface area (Å²) in [4.78, 5) is 10.7. The Labute approximate surface area is 158 Å². The second kappa shape index (κ2) is 5.17. The first-order valence-corrected chi connectivity index (χ1v) is 9.14. The second-order valence-corrected chi connectivity index (χ2v) is 7.78. The Kier molecular flexibility index (Phi) is 3.06. The predicted molar refractivity (Wildman–Crippen MR) is 108 cm³/mol. The van der Waals surface area contributed by atoms with Crippen molar-refractivity contribution in [2.45, 2.75) is 13.8 Å². The fourth-order valence-corrected chi connectivity index (χ4v) is 5.04. The van der Waals surface area contributed by atoms with Crippen molar-refractivity contribution in [2.24, 2.45) is 10.8 Å². The van der Waals surface area contributed by atoms with Crippen molar-refractivity contribution in [1.82, 2.24) is 0 Å². The van der Waals surface area contributed by atoms with Crippen LogP contribution in [-0.2, 0) is 0 Å². The van der Waals surface area contributed by atoms with Crippen LogP contribution >= 0.6 is 0 Å². The van der Waals surface area contributed by atoms with Gasteiger partial charge in [-0.25, -0.2) is 0 Å². The number of hydrogen-bond donors (Lipinski definition) is 0. The zero-order valence-corrected chi connectivity index (χ0v) is 15.3. The molecule has 3 nitrogen and oxygen atoms in total. The Hall–Kier alpha value is -3.20. The monoisotopic (exact) mass is 353 g/mol. The highest BCUT2D eigenvalue weighted by Crippen LogP contribution is 2.67. The van der Waals surface area contributed by atoms with Gasteiger partial charge in [0.1, 0.15) is 0 Å². The van der Waals surface area contributed by atoms with Crippen molar-refractivity contribution >= 4 is 11.3 Å². The Balaban J connectivity index is 1.78. The van der Waals surface area contributed by atoms with Gasteiger partial charge in [-0.3, -0.25) is 10.1 Å². The molecule has 1 aromatic rings. The van der Waals surface area contributed by atoms with E-state index < -0.39 is 0 Å². The van der Waals surface area contributed by atoms with Crippen molar-refractivity contribution in [2.75, 3.05) is 0 Å². The molecule has 0 spiro atoms. The van der Waals surface area contributed by atoms with E-state index in [1.165, 1.54) is 22.3 Å². The largest absolute Gasteiger partial charge is 0.269 e. The molecule has 2 atom stereocenters. The zero-order chi connectivity index (χ0) is 18.8. The molecule has 0 saturated heterocycles. The first-order chi connectivity index (χ1) is 13.0. The molecule has 5 rings (SSSR count). The molecule has 0 N–H and O–H groups in total. The number of nitro benzene ring substituents is 1. The molecule has 27 heavy (non-hydrogen) atoms. The molecule has 132 valence electrons. The van der Waals surface area contributed by atoms with Crippen molar-refractivity contribution < 1.29 is 4.92 Å². The quantitative estimate of drug-likeness (QED) is 0.493. The molecule has 0 saturated carbocycles. The van der Waals surface area contributed by atoms with E-state index in [0.29, 0.717) is 0 Å². The van der Waals surface area contributed by atoms with Crippen LogP contribution in [0.25, 0.3) is 5.57 Å². The third-order valence-electron chi connectivity index (χ3n) is 6.78. The van der Waals surface area contributed by atoms with Crippen LogP contribution in [0.3, 0.4) is 0 Å². The maximum atomic E-state index is 11.0. The summed E-state index contributed by atoms with van der Waals surface area (Å²) in [6, 6.07) is 6.89. The van der Waals surface area contributed by atoms with Crippen LogP contribution in [0, 0.1) is 20.9 Å². The summed E-state index contributed by atoms with van der Waals surface area (Å²) in [5, 5.41) is 11.0. The van der Waals surface area contributed by atoms with Crippen LogP contribution in [0.2, 0.25) is 0 Å². The van der Waals surface area contributed by atoms with E-state index in [1.54, 1.807) is 12.1 Å². The average molecular weight is 353 g/mol. The molecule has 0 bridgehead atoms. The van der Waals surface area contributed by atoms with Crippen LogP contribution in [0.1, 0.15) is 19.4 Å². The maximum absolute atomic E-state index is 11.0. The summed E-state index contributed by atoms with van der Waals surface area (Å²) in [7, 11) is 0. The fraction of sp³-hybridized carbons (Fsp3) is 0.167. The lowest BCUT2D eigenvalue weighted by molar-refractivity contribution is -0.384. The summed E-state index contributed by atoms with van der Waals surface area (Å²) in [6.45, 7) is 4.66. The van der Waals surface area contributed by atoms with Gasteiger partial charge in [-0.2, -0.15) is 0 Å². The third kappa shape index (κ3) is 1.86. The normalized spacial score (nSPS) is 29.8. The highest BCUT2D eigenvalue weighted by molar-refractivity contribution is 5.89. The van der Waals surface area contributed by atoms with Crippen LogP contribution in [0.4, 0.5) is 5.69 Å². The molecule has 0 aromatic heterocycles. The van der Waals surface area contributed by atoms with Gasteiger partial charge in [0, 0.05) is 23.0 Å². The van der Waals surface area contributed by atoms with Gasteiger partial charge in [0.15, 0.2) is 0 Å². The van der Waals surface area contributed by atoms with Crippen LogP contribution in [-0.4, -0.2) is 4.92 Å². The Bertz CT molecular complexity index is 1110. The fourth-order valence-electron chi connectivity index (χ4n) is 5.04. The molecule has 0 unspecified atom stereocenters. The smallest absolute Gasteiger partial charge is 0.258 e. The Morgan fingerprint density at radius 1 is 0.815 bits per heavy atom. The number of rotatable bonds is 2. The van der Waals surface area contributed by atoms with Gasteiger partial charge < -0.3 is 0 Å². The second-order valence-electron chi connectivity index (χ2n) is 7.78. The van der Waals surface area contributed by atoms with Gasteiger partial charge >= 0.3 is 0 Å². The van der Waals surface area contributed by atoms with E-state index in [4.69, 9.17) is 0 Å². The highest BCUT2D eigenvalue weighted by atomic mass is 16.6. The van der Waals surface area contributed by atoms with E-state index in [1.807, 2.05) is 12.1 Å². The van der Waals surface area contributed by atoms with Crippen molar-refractivity contribution in [3.05, 3.63) is 117 Å². The minimum absolute atomic E-state index is 0.118. The van der Waals surface area contributed by atoms with E-state index in [9.17, 15) is 10.1 Å². The van der Waals surface area contributed by atoms with Crippen molar-refractivity contribution in [1.29, 1.82) is 0 Å². The molecule has 0 fully saturated rings. The minimum atomic E-state index is -0.354. The lowest BCUT2D eigenvalue weighted by Crippen LogP contribution is -2.47. The summed E-state index contributed by atoms with van der Waals surface area (Å²) >= 11 is 0. The first kappa shape index (κ1) is 16.0. The van der Waals surface area contributed by atoms with Crippen LogP contribution in [0.5, 0.6) is 0 Å². The summed E-state index contributed by atoms with van der Waals surface area (Å²) in [5.74, 6) is 0. The van der Waals surface area contributed by atoms with Gasteiger partial charge in [0.05, 0.1) is 4.92 Å². The molecular weight excluding hydrogens is 334 g/mol. The van der Waals surface area contributed by atoms with Crippen LogP contribution in [0.15, 0.2) is 101 Å². The molecular formula is C24H19NO2. The topological polar surface area (TPSA) is 43.1 Å². The van der Waals surface area contributed by atoms with Gasteiger partial charge in [-0.15, -0.1) is 0 Å². The van der Waals surface area contributed by atoms with E-state index in [-0.39, 0.29) is 21.4 Å². The summed E-state index contributed by atoms with van der Waals surface area (Å²) in [6.07, 6.45) is 19.8. The summed E-state index contributed by atoms with van der Waals surface area (Å²) in [5.41, 5.74) is 7.16. The van der Waals surface area contributed by atoms with Gasteiger partial charge in [-0.05, 0) is 51.6 Å². The lowest BCUT2D eigenvalue weighted by Gasteiger charge is -2.57. The number of non-ortho nitro benzene ring substituents is 1. The Morgan fingerprint density at radius 3 is 2.11 bits per heavy atom. The van der Waals surface area contributed by atoms with Gasteiger partial charge in [-0.1, -0.05) is 62.5 Å². The lowest BCUT2D eigenvalue weighted by atomic mass is 9.45. The van der Waals surface area contributed by atoms with Gasteiger partial charge in [0.2, 0.25) is 0 Å². The molecule has 4 aliphatic carbocycles. The third-order valence-corrected chi connectivity index (χ3v) is 6.78. The highest BCUT2D eigenvalue weighted by Gasteiger charge is 2.56. The average Bonchev–Trinajstić information content (AvgIpc) is 2.66. The number of benzene rings is 1. The number of allylic oxidation sites excluding steroid dienone is 14. The molecule has 4 aliphatic rings. The molecule has 0 heterocycles. The zero-order valence-electron chi connectivity index (χ0n) is 15.3. The molecule has 0 amide bonds. The Morgan fingerprint density at radius 2 is 1.44 bits per heavy atom. The number of nitro groups is 1. The van der Waals surface area contributed by atoms with E-state index >= 15 is 0 Å². The van der Waals surface area contributed by atoms with Crippen LogP contribution < -0.4 is 0 Å². The number of hydrogen-bond acceptors (Lipinski definition) is 2. The van der Waals surface area contributed by atoms with E-state index in [0.717, 1.165) is 11.1 Å². The molecule has 0 radical (unpaired) electrons. The summed E-state index contributed by atoms with van der Waals surface area (Å²) < 4.78 is 0. The van der Waals surface area contributed by atoms with E-state index in [2.05, 4.69) is 68.5 Å².